The van der Waals surface area contributed by atoms with E-state index < -0.39 is 0 Å². The topological polar surface area (TPSA) is 92.3 Å². The summed E-state index contributed by atoms with van der Waals surface area (Å²) in [7, 11) is 0. The number of aromatic nitrogens is 3. The highest BCUT2D eigenvalue weighted by Gasteiger charge is 2.15. The van der Waals surface area contributed by atoms with Crippen LogP contribution in [-0.2, 0) is 11.3 Å². The van der Waals surface area contributed by atoms with E-state index in [1.54, 1.807) is 18.6 Å². The molecular formula is C21H22N6O2. The Morgan fingerprint density at radius 2 is 1.90 bits per heavy atom. The Bertz CT molecular complexity index is 943. The second kappa shape index (κ2) is 9.11. The van der Waals surface area contributed by atoms with Crippen molar-refractivity contribution >= 4 is 23.1 Å². The fraction of sp³-hybridized carbons (Fsp3) is 0.238. The van der Waals surface area contributed by atoms with Crippen LogP contribution < -0.4 is 15.5 Å². The number of nitrogens with one attached hydrogen (secondary N) is 2. The second-order valence-corrected chi connectivity index (χ2v) is 6.57. The first-order valence-electron chi connectivity index (χ1n) is 9.47. The minimum atomic E-state index is -0.276. The molecule has 29 heavy (non-hydrogen) atoms. The van der Waals surface area contributed by atoms with Crippen molar-refractivity contribution < 1.29 is 9.53 Å². The maximum absolute atomic E-state index is 12.3. The van der Waals surface area contributed by atoms with Gasteiger partial charge in [-0.05, 0) is 23.8 Å². The third kappa shape index (κ3) is 4.85. The summed E-state index contributed by atoms with van der Waals surface area (Å²) in [4.78, 5) is 27.2. The van der Waals surface area contributed by atoms with E-state index in [4.69, 9.17) is 4.74 Å². The highest BCUT2D eigenvalue weighted by molar-refractivity contribution is 5.92. The Balaban J connectivity index is 1.40. The van der Waals surface area contributed by atoms with Gasteiger partial charge in [0.15, 0.2) is 0 Å². The molecule has 1 aliphatic heterocycles. The number of anilines is 3. The van der Waals surface area contributed by atoms with Crippen LogP contribution in [0.15, 0.2) is 61.2 Å². The minimum Gasteiger partial charge on any atom is -0.378 e. The number of morpholine rings is 1. The molecule has 148 valence electrons. The van der Waals surface area contributed by atoms with Gasteiger partial charge in [0.05, 0.1) is 37.0 Å². The number of hydrogen-bond donors (Lipinski definition) is 2. The van der Waals surface area contributed by atoms with Gasteiger partial charge in [-0.1, -0.05) is 18.2 Å². The standard InChI is InChI=1S/C21H22N6O2/c28-21(25-13-16-4-3-7-22-12-16)18-14-24-20(15-23-18)26-17-5-1-2-6-19(17)27-8-10-29-11-9-27/h1-7,12,14-15H,8-11,13H2,(H,24,26)(H,25,28). The molecule has 1 fully saturated rings. The number of carbonyl (C=O) groups is 1. The summed E-state index contributed by atoms with van der Waals surface area (Å²) < 4.78 is 5.44. The van der Waals surface area contributed by atoms with Gasteiger partial charge in [0.25, 0.3) is 5.91 Å². The van der Waals surface area contributed by atoms with E-state index in [1.165, 1.54) is 6.20 Å². The summed E-state index contributed by atoms with van der Waals surface area (Å²) >= 11 is 0. The number of nitrogens with zero attached hydrogens (tertiary/aromatic N) is 4. The summed E-state index contributed by atoms with van der Waals surface area (Å²) in [6.45, 7) is 3.52. The predicted octanol–water partition coefficient (Wildman–Crippen LogP) is 2.38. The predicted molar refractivity (Wildman–Crippen MR) is 110 cm³/mol. The number of rotatable bonds is 6. The van der Waals surface area contributed by atoms with Gasteiger partial charge in [-0.2, -0.15) is 0 Å². The van der Waals surface area contributed by atoms with Crippen molar-refractivity contribution in [3.8, 4) is 0 Å². The monoisotopic (exact) mass is 390 g/mol. The molecule has 3 aromatic rings. The minimum absolute atomic E-state index is 0.265. The summed E-state index contributed by atoms with van der Waals surface area (Å²) in [5.74, 6) is 0.302. The normalized spacial score (nSPS) is 13.7. The maximum atomic E-state index is 12.3. The molecular weight excluding hydrogens is 368 g/mol. The molecule has 0 aliphatic carbocycles. The molecule has 0 spiro atoms. The van der Waals surface area contributed by atoms with Gasteiger partial charge in [-0.3, -0.25) is 9.78 Å². The first kappa shape index (κ1) is 18.8. The molecule has 2 aromatic heterocycles. The van der Waals surface area contributed by atoms with Crippen molar-refractivity contribution in [3.05, 3.63) is 72.4 Å². The second-order valence-electron chi connectivity index (χ2n) is 6.57. The van der Waals surface area contributed by atoms with E-state index in [-0.39, 0.29) is 11.6 Å². The molecule has 0 bridgehead atoms. The van der Waals surface area contributed by atoms with E-state index in [0.717, 1.165) is 43.2 Å². The third-order valence-electron chi connectivity index (χ3n) is 4.58. The molecule has 3 heterocycles. The number of amides is 1. The molecule has 1 aromatic carbocycles. The molecule has 1 saturated heterocycles. The fourth-order valence-electron chi connectivity index (χ4n) is 3.08. The van der Waals surface area contributed by atoms with E-state index in [1.807, 2.05) is 30.3 Å². The van der Waals surface area contributed by atoms with Crippen LogP contribution in [0.4, 0.5) is 17.2 Å². The molecule has 2 N–H and O–H groups in total. The highest BCUT2D eigenvalue weighted by atomic mass is 16.5. The lowest BCUT2D eigenvalue weighted by molar-refractivity contribution is 0.0945. The maximum Gasteiger partial charge on any atom is 0.271 e. The van der Waals surface area contributed by atoms with E-state index in [0.29, 0.717) is 12.4 Å². The largest absolute Gasteiger partial charge is 0.378 e. The highest BCUT2D eigenvalue weighted by Crippen LogP contribution is 2.28. The van der Waals surface area contributed by atoms with Crippen LogP contribution in [-0.4, -0.2) is 47.2 Å². The SMILES string of the molecule is O=C(NCc1cccnc1)c1cnc(Nc2ccccc2N2CCOCC2)cn1. The molecule has 1 aliphatic rings. The van der Waals surface area contributed by atoms with Crippen molar-refractivity contribution in [2.45, 2.75) is 6.54 Å². The van der Waals surface area contributed by atoms with Gasteiger partial charge in [-0.15, -0.1) is 0 Å². The molecule has 8 nitrogen and oxygen atoms in total. The van der Waals surface area contributed by atoms with E-state index in [9.17, 15) is 4.79 Å². The zero-order valence-corrected chi connectivity index (χ0v) is 15.9. The van der Waals surface area contributed by atoms with Gasteiger partial charge >= 0.3 is 0 Å². The van der Waals surface area contributed by atoms with Crippen LogP contribution in [0.3, 0.4) is 0 Å². The number of para-hydroxylation sites is 2. The van der Waals surface area contributed by atoms with Crippen LogP contribution in [0.2, 0.25) is 0 Å². The van der Waals surface area contributed by atoms with Crippen molar-refractivity contribution in [1.29, 1.82) is 0 Å². The van der Waals surface area contributed by atoms with Crippen LogP contribution in [0.1, 0.15) is 16.1 Å². The Hall–Kier alpha value is -3.52. The molecule has 0 unspecified atom stereocenters. The van der Waals surface area contributed by atoms with Crippen LogP contribution >= 0.6 is 0 Å². The number of ether oxygens (including phenoxy) is 1. The van der Waals surface area contributed by atoms with Crippen molar-refractivity contribution in [1.82, 2.24) is 20.3 Å². The Morgan fingerprint density at radius 3 is 2.66 bits per heavy atom. The zero-order valence-electron chi connectivity index (χ0n) is 15.9. The first-order chi connectivity index (χ1) is 14.3. The molecule has 8 heteroatoms. The summed E-state index contributed by atoms with van der Waals surface area (Å²) in [6.07, 6.45) is 6.44. The van der Waals surface area contributed by atoms with Gasteiger partial charge < -0.3 is 20.3 Å². The average molecular weight is 390 g/mol. The van der Waals surface area contributed by atoms with Gasteiger partial charge in [0, 0.05) is 32.0 Å². The summed E-state index contributed by atoms with van der Waals surface area (Å²) in [5, 5.41) is 6.11. The number of benzene rings is 1. The van der Waals surface area contributed by atoms with Gasteiger partial charge in [0.1, 0.15) is 11.5 Å². The molecule has 4 rings (SSSR count). The van der Waals surface area contributed by atoms with Gasteiger partial charge in [-0.25, -0.2) is 9.97 Å². The zero-order chi connectivity index (χ0) is 19.9. The quantitative estimate of drug-likeness (QED) is 0.668. The van der Waals surface area contributed by atoms with Crippen LogP contribution in [0.25, 0.3) is 0 Å². The van der Waals surface area contributed by atoms with Crippen molar-refractivity contribution in [2.24, 2.45) is 0 Å². The average Bonchev–Trinajstić information content (AvgIpc) is 2.80. The van der Waals surface area contributed by atoms with Crippen molar-refractivity contribution in [2.75, 3.05) is 36.5 Å². The Morgan fingerprint density at radius 1 is 1.03 bits per heavy atom. The Kier molecular flexibility index (Phi) is 5.92. The smallest absolute Gasteiger partial charge is 0.271 e. The molecule has 0 atom stereocenters. The van der Waals surface area contributed by atoms with Crippen molar-refractivity contribution in [3.63, 3.8) is 0 Å². The third-order valence-corrected chi connectivity index (χ3v) is 4.58. The fourth-order valence-corrected chi connectivity index (χ4v) is 3.08. The van der Waals surface area contributed by atoms with Crippen LogP contribution in [0.5, 0.6) is 0 Å². The summed E-state index contributed by atoms with van der Waals surface area (Å²) in [5.41, 5.74) is 3.22. The number of carbonyl (C=O) groups excluding carboxylic acids is 1. The lowest BCUT2D eigenvalue weighted by Crippen LogP contribution is -2.36. The lowest BCUT2D eigenvalue weighted by Gasteiger charge is -2.30. The molecule has 1 amide bonds. The van der Waals surface area contributed by atoms with Gasteiger partial charge in [0.2, 0.25) is 0 Å². The first-order valence-corrected chi connectivity index (χ1v) is 9.47. The Labute approximate surface area is 169 Å². The number of hydrogen-bond acceptors (Lipinski definition) is 7. The molecule has 0 saturated carbocycles. The molecule has 0 radical (unpaired) electrons. The lowest BCUT2D eigenvalue weighted by atomic mass is 10.2. The summed E-state index contributed by atoms with van der Waals surface area (Å²) in [6, 6.07) is 11.8. The number of pyridine rings is 1. The van der Waals surface area contributed by atoms with Crippen LogP contribution in [0, 0.1) is 0 Å². The van der Waals surface area contributed by atoms with E-state index >= 15 is 0 Å². The van der Waals surface area contributed by atoms with E-state index in [2.05, 4.69) is 36.6 Å².